The topological polar surface area (TPSA) is 79.5 Å². The van der Waals surface area contributed by atoms with Crippen molar-refractivity contribution in [3.63, 3.8) is 0 Å². The number of hydrogen-bond donors (Lipinski definition) is 2. The van der Waals surface area contributed by atoms with Gasteiger partial charge in [0.1, 0.15) is 5.82 Å². The second-order valence-electron chi connectivity index (χ2n) is 8.61. The first kappa shape index (κ1) is 22.1. The Kier molecular flexibility index (Phi) is 7.45. The van der Waals surface area contributed by atoms with E-state index in [4.69, 9.17) is 0 Å². The Morgan fingerprint density at radius 1 is 1.29 bits per heavy atom. The van der Waals surface area contributed by atoms with E-state index in [-0.39, 0.29) is 5.69 Å². The number of aromatic nitrogens is 3. The molecule has 1 saturated heterocycles. The minimum atomic E-state index is 0.0400. The minimum absolute atomic E-state index is 0.0400. The van der Waals surface area contributed by atoms with Gasteiger partial charge in [0, 0.05) is 50.6 Å². The molecule has 0 aromatic carbocycles. The molecule has 0 saturated carbocycles. The maximum atomic E-state index is 12.4. The predicted octanol–water partition coefficient (Wildman–Crippen LogP) is 2.08. The van der Waals surface area contributed by atoms with Crippen molar-refractivity contribution >= 4 is 17.3 Å². The Labute approximate surface area is 188 Å². The van der Waals surface area contributed by atoms with Gasteiger partial charge in [0.2, 0.25) is 0 Å². The van der Waals surface area contributed by atoms with Crippen molar-refractivity contribution in [2.75, 3.05) is 33.7 Å². The molecule has 0 bridgehead atoms. The maximum Gasteiger partial charge on any atom is 0.345 e. The van der Waals surface area contributed by atoms with Gasteiger partial charge in [-0.25, -0.2) is 9.48 Å². The molecule has 170 valence electrons. The van der Waals surface area contributed by atoms with E-state index in [1.54, 1.807) is 4.68 Å². The van der Waals surface area contributed by atoms with Crippen molar-refractivity contribution < 1.29 is 0 Å². The number of hydrogen-bond acceptors (Lipinski definition) is 5. The summed E-state index contributed by atoms with van der Waals surface area (Å²) in [6.45, 7) is 4.26. The number of piperidine rings is 1. The molecule has 2 aromatic rings. The lowest BCUT2D eigenvalue weighted by atomic mass is 9.88. The highest BCUT2D eigenvalue weighted by atomic mass is 32.1. The van der Waals surface area contributed by atoms with E-state index < -0.39 is 0 Å². The third kappa shape index (κ3) is 5.20. The zero-order valence-electron chi connectivity index (χ0n) is 18.7. The molecule has 31 heavy (non-hydrogen) atoms. The highest BCUT2D eigenvalue weighted by Crippen LogP contribution is 2.36. The summed E-state index contributed by atoms with van der Waals surface area (Å²) in [4.78, 5) is 20.8. The van der Waals surface area contributed by atoms with Gasteiger partial charge in [-0.05, 0) is 63.1 Å². The fourth-order valence-electron chi connectivity index (χ4n) is 4.86. The largest absolute Gasteiger partial charge is 0.356 e. The summed E-state index contributed by atoms with van der Waals surface area (Å²) in [7, 11) is 4.05. The zero-order valence-corrected chi connectivity index (χ0v) is 19.5. The SMILES string of the molecule is CN=C(NCCCn1nc2n(c1=O)CCCC2)NCC1CCCN(C)C1c1cccs1. The van der Waals surface area contributed by atoms with Crippen molar-refractivity contribution in [2.45, 2.75) is 57.7 Å². The van der Waals surface area contributed by atoms with Crippen molar-refractivity contribution in [1.29, 1.82) is 0 Å². The van der Waals surface area contributed by atoms with Gasteiger partial charge in [0.05, 0.1) is 0 Å². The van der Waals surface area contributed by atoms with Crippen molar-refractivity contribution in [2.24, 2.45) is 10.9 Å². The lowest BCUT2D eigenvalue weighted by Crippen LogP contribution is -2.45. The molecule has 1 fully saturated rings. The van der Waals surface area contributed by atoms with Crippen LogP contribution in [0.1, 0.15) is 48.8 Å². The summed E-state index contributed by atoms with van der Waals surface area (Å²) in [6.07, 6.45) is 6.42. The molecule has 2 unspecified atom stereocenters. The molecule has 9 heteroatoms. The van der Waals surface area contributed by atoms with E-state index in [0.29, 0.717) is 18.5 Å². The van der Waals surface area contributed by atoms with E-state index in [1.165, 1.54) is 17.7 Å². The summed E-state index contributed by atoms with van der Waals surface area (Å²) < 4.78 is 3.46. The number of thiophene rings is 1. The van der Waals surface area contributed by atoms with Crippen molar-refractivity contribution in [3.05, 3.63) is 38.7 Å². The molecular weight excluding hydrogens is 410 g/mol. The fourth-order valence-corrected chi connectivity index (χ4v) is 5.84. The highest BCUT2D eigenvalue weighted by Gasteiger charge is 2.31. The average molecular weight is 446 g/mol. The van der Waals surface area contributed by atoms with Gasteiger partial charge in [0.15, 0.2) is 5.96 Å². The molecule has 0 amide bonds. The van der Waals surface area contributed by atoms with Crippen LogP contribution in [-0.2, 0) is 19.5 Å². The number of nitrogens with zero attached hydrogens (tertiary/aromatic N) is 5. The average Bonchev–Trinajstić information content (AvgIpc) is 3.42. The summed E-state index contributed by atoms with van der Waals surface area (Å²) in [5, 5.41) is 13.6. The van der Waals surface area contributed by atoms with E-state index >= 15 is 0 Å². The Morgan fingerprint density at radius 3 is 2.97 bits per heavy atom. The van der Waals surface area contributed by atoms with Crippen LogP contribution in [0.5, 0.6) is 0 Å². The second kappa shape index (κ2) is 10.5. The van der Waals surface area contributed by atoms with E-state index in [1.807, 2.05) is 23.0 Å². The number of rotatable bonds is 7. The molecule has 2 aromatic heterocycles. The van der Waals surface area contributed by atoms with Crippen LogP contribution in [0.3, 0.4) is 0 Å². The van der Waals surface area contributed by atoms with Gasteiger partial charge in [-0.1, -0.05) is 6.07 Å². The van der Waals surface area contributed by atoms with Crippen LogP contribution in [-0.4, -0.2) is 58.9 Å². The van der Waals surface area contributed by atoms with E-state index in [0.717, 1.165) is 63.6 Å². The predicted molar refractivity (Wildman–Crippen MR) is 126 cm³/mol. The molecule has 0 aliphatic carbocycles. The minimum Gasteiger partial charge on any atom is -0.356 e. The molecule has 2 N–H and O–H groups in total. The molecule has 2 aliphatic heterocycles. The Morgan fingerprint density at radius 2 is 2.19 bits per heavy atom. The third-order valence-electron chi connectivity index (χ3n) is 6.47. The van der Waals surface area contributed by atoms with Crippen molar-refractivity contribution in [3.8, 4) is 0 Å². The van der Waals surface area contributed by atoms with Crippen molar-refractivity contribution in [1.82, 2.24) is 29.9 Å². The summed E-state index contributed by atoms with van der Waals surface area (Å²) in [6, 6.07) is 4.88. The van der Waals surface area contributed by atoms with E-state index in [2.05, 4.69) is 50.2 Å². The molecular formula is C22H35N7OS. The maximum absolute atomic E-state index is 12.4. The molecule has 8 nitrogen and oxygen atoms in total. The number of aliphatic imine (C=N–C) groups is 1. The molecule has 0 spiro atoms. The Hall–Kier alpha value is -2.13. The zero-order chi connectivity index (χ0) is 21.6. The van der Waals surface area contributed by atoms with Crippen LogP contribution in [0.4, 0.5) is 0 Å². The van der Waals surface area contributed by atoms with Gasteiger partial charge in [-0.2, -0.15) is 5.10 Å². The lowest BCUT2D eigenvalue weighted by molar-refractivity contribution is 0.125. The van der Waals surface area contributed by atoms with E-state index in [9.17, 15) is 4.79 Å². The number of nitrogens with one attached hydrogen (secondary N) is 2. The quantitative estimate of drug-likeness (QED) is 0.388. The number of guanidine groups is 1. The van der Waals surface area contributed by atoms with Gasteiger partial charge in [-0.3, -0.25) is 14.5 Å². The van der Waals surface area contributed by atoms with Gasteiger partial charge in [-0.15, -0.1) is 11.3 Å². The Bertz CT molecular complexity index is 917. The van der Waals surface area contributed by atoms with Crippen LogP contribution in [0.25, 0.3) is 0 Å². The fraction of sp³-hybridized carbons (Fsp3) is 0.682. The van der Waals surface area contributed by atoms with Crippen LogP contribution < -0.4 is 16.3 Å². The van der Waals surface area contributed by atoms with Gasteiger partial charge < -0.3 is 10.6 Å². The molecule has 2 aliphatic rings. The van der Waals surface area contributed by atoms with Crippen LogP contribution in [0, 0.1) is 5.92 Å². The van der Waals surface area contributed by atoms with Gasteiger partial charge >= 0.3 is 5.69 Å². The monoisotopic (exact) mass is 445 g/mol. The lowest BCUT2D eigenvalue weighted by Gasteiger charge is -2.39. The first-order valence-corrected chi connectivity index (χ1v) is 12.4. The van der Waals surface area contributed by atoms with Crippen LogP contribution in [0.15, 0.2) is 27.3 Å². The summed E-state index contributed by atoms with van der Waals surface area (Å²) in [5.41, 5.74) is 0.0400. The standard InChI is InChI=1S/C22H35N7OS/c1-23-21(24-11-7-14-29-22(30)28-13-4-3-10-19(28)26-29)25-16-17-8-5-12-27(2)20(17)18-9-6-15-31-18/h6,9,15,17,20H,3-5,7-8,10-14,16H2,1-2H3,(H2,23,24,25). The first-order valence-electron chi connectivity index (χ1n) is 11.5. The number of fused-ring (bicyclic) bond motifs is 1. The summed E-state index contributed by atoms with van der Waals surface area (Å²) in [5.74, 6) is 2.33. The highest BCUT2D eigenvalue weighted by molar-refractivity contribution is 7.10. The first-order chi connectivity index (χ1) is 15.2. The number of aryl methyl sites for hydroxylation is 2. The molecule has 4 heterocycles. The molecule has 2 atom stereocenters. The third-order valence-corrected chi connectivity index (χ3v) is 7.41. The normalized spacial score (nSPS) is 22.3. The smallest absolute Gasteiger partial charge is 0.345 e. The second-order valence-corrected chi connectivity index (χ2v) is 9.59. The Balaban J connectivity index is 1.24. The number of likely N-dealkylation sites (tertiary alicyclic amines) is 1. The summed E-state index contributed by atoms with van der Waals surface area (Å²) >= 11 is 1.85. The van der Waals surface area contributed by atoms with Gasteiger partial charge in [0.25, 0.3) is 0 Å². The van der Waals surface area contributed by atoms with Crippen LogP contribution >= 0.6 is 11.3 Å². The van der Waals surface area contributed by atoms with Crippen LogP contribution in [0.2, 0.25) is 0 Å². The molecule has 4 rings (SSSR count). The molecule has 0 radical (unpaired) electrons.